The molecule has 0 aliphatic heterocycles. The smallest absolute Gasteiger partial charge is 0.0547 e. The van der Waals surface area contributed by atoms with Crippen LogP contribution in [0.1, 0.15) is 0 Å². The first-order valence-electron chi connectivity index (χ1n) is 15.6. The van der Waals surface area contributed by atoms with E-state index in [1.54, 1.807) is 0 Å². The molecule has 0 radical (unpaired) electrons. The summed E-state index contributed by atoms with van der Waals surface area (Å²) in [5.41, 5.74) is 8.66. The average molecular weight is 570 g/mol. The van der Waals surface area contributed by atoms with Gasteiger partial charge in [-0.2, -0.15) is 0 Å². The lowest BCUT2D eigenvalue weighted by Gasteiger charge is -2.17. The molecular weight excluding hydrogens is 542 g/mol. The highest BCUT2D eigenvalue weighted by Gasteiger charge is 2.17. The van der Waals surface area contributed by atoms with E-state index in [1.165, 1.54) is 92.8 Å². The van der Waals surface area contributed by atoms with E-state index in [-0.39, 0.29) is 0 Å². The minimum atomic E-state index is 1.18. The van der Waals surface area contributed by atoms with Gasteiger partial charge in [0.25, 0.3) is 0 Å². The molecule has 0 saturated heterocycles. The molecule has 0 fully saturated rings. The van der Waals surface area contributed by atoms with E-state index in [0.29, 0.717) is 0 Å². The van der Waals surface area contributed by atoms with Crippen LogP contribution < -0.4 is 0 Å². The zero-order valence-corrected chi connectivity index (χ0v) is 24.5. The third kappa shape index (κ3) is 3.56. The van der Waals surface area contributed by atoms with Crippen LogP contribution in [0.4, 0.5) is 0 Å². The third-order valence-corrected chi connectivity index (χ3v) is 9.72. The van der Waals surface area contributed by atoms with E-state index >= 15 is 0 Å². The highest BCUT2D eigenvalue weighted by molar-refractivity contribution is 6.28. The van der Waals surface area contributed by atoms with Crippen molar-refractivity contribution in [3.05, 3.63) is 164 Å². The van der Waals surface area contributed by atoms with Crippen molar-refractivity contribution in [3.63, 3.8) is 0 Å². The van der Waals surface area contributed by atoms with Crippen molar-refractivity contribution >= 4 is 64.9 Å². The summed E-state index contributed by atoms with van der Waals surface area (Å²) in [5.74, 6) is 0. The number of nitrogens with zero attached hydrogens (tertiary/aromatic N) is 1. The van der Waals surface area contributed by atoms with Crippen molar-refractivity contribution in [2.75, 3.05) is 0 Å². The summed E-state index contributed by atoms with van der Waals surface area (Å²) in [6.07, 6.45) is 0. The Kier molecular flexibility index (Phi) is 5.06. The molecule has 0 aliphatic carbocycles. The van der Waals surface area contributed by atoms with Gasteiger partial charge < -0.3 is 4.57 Å². The fourth-order valence-electron chi connectivity index (χ4n) is 7.65. The second kappa shape index (κ2) is 9.29. The predicted molar refractivity (Wildman–Crippen MR) is 193 cm³/mol. The molecule has 9 aromatic carbocycles. The van der Waals surface area contributed by atoms with E-state index in [4.69, 9.17) is 0 Å². The SMILES string of the molecule is c1ccc(-n2c3ccccc3c3ccc(-c4ccc5ccc6c(-c7ccc8ccccc8c7)ccc7ccc4c5c76)cc32)cc1. The summed E-state index contributed by atoms with van der Waals surface area (Å²) in [6.45, 7) is 0. The standard InChI is InChI=1S/C44H27N/c1-2-10-34(11-3-1)45-41-13-7-6-12-37(41)38-23-20-33(27-42(38)45)36-22-17-30-18-24-39-35(21-16-29-19-25-40(36)44(30)43(29)39)32-15-14-28-8-4-5-9-31(28)26-32/h1-27H. The van der Waals surface area contributed by atoms with Gasteiger partial charge in [-0.1, -0.05) is 133 Å². The first-order valence-corrected chi connectivity index (χ1v) is 15.6. The molecule has 0 atom stereocenters. The van der Waals surface area contributed by atoms with Gasteiger partial charge in [0.05, 0.1) is 11.0 Å². The molecule has 45 heavy (non-hydrogen) atoms. The Labute approximate surface area is 260 Å². The van der Waals surface area contributed by atoms with E-state index < -0.39 is 0 Å². The van der Waals surface area contributed by atoms with Gasteiger partial charge in [0.1, 0.15) is 0 Å². The molecule has 0 unspecified atom stereocenters. The Hall–Kier alpha value is -5.92. The first kappa shape index (κ1) is 24.5. The molecule has 1 aromatic heterocycles. The lowest BCUT2D eigenvalue weighted by atomic mass is 9.87. The number of para-hydroxylation sites is 2. The zero-order valence-electron chi connectivity index (χ0n) is 24.5. The van der Waals surface area contributed by atoms with E-state index in [0.717, 1.165) is 0 Å². The van der Waals surface area contributed by atoms with E-state index in [1.807, 2.05) is 0 Å². The lowest BCUT2D eigenvalue weighted by Crippen LogP contribution is -1.93. The summed E-state index contributed by atoms with van der Waals surface area (Å²) in [4.78, 5) is 0. The normalized spacial score (nSPS) is 12.0. The molecule has 0 N–H and O–H groups in total. The molecule has 1 heterocycles. The van der Waals surface area contributed by atoms with Gasteiger partial charge in [0.15, 0.2) is 0 Å². The van der Waals surface area contributed by atoms with Crippen LogP contribution in [0.5, 0.6) is 0 Å². The number of rotatable bonds is 3. The maximum Gasteiger partial charge on any atom is 0.0547 e. The molecule has 0 saturated carbocycles. The van der Waals surface area contributed by atoms with Gasteiger partial charge in [-0.05, 0) is 95.7 Å². The van der Waals surface area contributed by atoms with Gasteiger partial charge in [-0.3, -0.25) is 0 Å². The Morgan fingerprint density at radius 1 is 0.311 bits per heavy atom. The highest BCUT2D eigenvalue weighted by atomic mass is 15.0. The Bertz CT molecular complexity index is 2750. The topological polar surface area (TPSA) is 4.93 Å². The zero-order chi connectivity index (χ0) is 29.5. The third-order valence-electron chi connectivity index (χ3n) is 9.72. The van der Waals surface area contributed by atoms with Crippen LogP contribution in [0.25, 0.3) is 92.8 Å². The van der Waals surface area contributed by atoms with Gasteiger partial charge in [-0.25, -0.2) is 0 Å². The summed E-state index contributed by atoms with van der Waals surface area (Å²) in [6, 6.07) is 60.3. The number of hydrogen-bond donors (Lipinski definition) is 0. The van der Waals surface area contributed by atoms with Gasteiger partial charge in [0, 0.05) is 16.5 Å². The average Bonchev–Trinajstić information content (AvgIpc) is 3.44. The fraction of sp³-hybridized carbons (Fsp3) is 0. The first-order chi connectivity index (χ1) is 22.3. The minimum Gasteiger partial charge on any atom is -0.309 e. The van der Waals surface area contributed by atoms with Crippen LogP contribution in [0, 0.1) is 0 Å². The van der Waals surface area contributed by atoms with Crippen LogP contribution in [0.2, 0.25) is 0 Å². The minimum absolute atomic E-state index is 1.18. The summed E-state index contributed by atoms with van der Waals surface area (Å²) < 4.78 is 2.40. The van der Waals surface area contributed by atoms with Gasteiger partial charge in [0.2, 0.25) is 0 Å². The molecule has 208 valence electrons. The van der Waals surface area contributed by atoms with Gasteiger partial charge in [-0.15, -0.1) is 0 Å². The molecule has 0 bridgehead atoms. The molecule has 0 amide bonds. The van der Waals surface area contributed by atoms with Crippen LogP contribution in [0.15, 0.2) is 164 Å². The maximum atomic E-state index is 2.40. The lowest BCUT2D eigenvalue weighted by molar-refractivity contribution is 1.18. The van der Waals surface area contributed by atoms with Crippen molar-refractivity contribution in [1.82, 2.24) is 4.57 Å². The van der Waals surface area contributed by atoms with Gasteiger partial charge >= 0.3 is 0 Å². The molecular formula is C44H27N. The Morgan fingerprint density at radius 2 is 0.844 bits per heavy atom. The van der Waals surface area contributed by atoms with Crippen molar-refractivity contribution in [3.8, 4) is 27.9 Å². The summed E-state index contributed by atoms with van der Waals surface area (Å²) in [5, 5.41) is 12.9. The van der Waals surface area contributed by atoms with Crippen LogP contribution in [-0.2, 0) is 0 Å². The van der Waals surface area contributed by atoms with Crippen LogP contribution in [-0.4, -0.2) is 4.57 Å². The molecule has 10 rings (SSSR count). The quantitative estimate of drug-likeness (QED) is 0.187. The number of fused-ring (bicyclic) bond motifs is 4. The Morgan fingerprint density at radius 3 is 1.60 bits per heavy atom. The number of aromatic nitrogens is 1. The van der Waals surface area contributed by atoms with Crippen molar-refractivity contribution in [2.45, 2.75) is 0 Å². The molecule has 1 nitrogen and oxygen atoms in total. The molecule has 1 heteroatoms. The van der Waals surface area contributed by atoms with Crippen LogP contribution in [0.3, 0.4) is 0 Å². The number of benzene rings is 9. The monoisotopic (exact) mass is 569 g/mol. The second-order valence-electron chi connectivity index (χ2n) is 12.1. The number of hydrogen-bond acceptors (Lipinski definition) is 0. The highest BCUT2D eigenvalue weighted by Crippen LogP contribution is 2.43. The molecule has 0 spiro atoms. The summed E-state index contributed by atoms with van der Waals surface area (Å²) in [7, 11) is 0. The largest absolute Gasteiger partial charge is 0.309 e. The van der Waals surface area contributed by atoms with Crippen molar-refractivity contribution < 1.29 is 0 Å². The van der Waals surface area contributed by atoms with E-state index in [9.17, 15) is 0 Å². The predicted octanol–water partition coefficient (Wildman–Crippen LogP) is 12.2. The fourth-order valence-corrected chi connectivity index (χ4v) is 7.65. The van der Waals surface area contributed by atoms with Crippen LogP contribution >= 0.6 is 0 Å². The van der Waals surface area contributed by atoms with Crippen molar-refractivity contribution in [2.24, 2.45) is 0 Å². The molecule has 10 aromatic rings. The van der Waals surface area contributed by atoms with E-state index in [2.05, 4.69) is 168 Å². The molecule has 0 aliphatic rings. The Balaban J connectivity index is 1.23. The summed E-state index contributed by atoms with van der Waals surface area (Å²) >= 11 is 0. The van der Waals surface area contributed by atoms with Crippen molar-refractivity contribution in [1.29, 1.82) is 0 Å². The maximum absolute atomic E-state index is 2.40. The second-order valence-corrected chi connectivity index (χ2v) is 12.1.